The zero-order chi connectivity index (χ0) is 15.4. The molecule has 0 aromatic carbocycles. The number of carbonyl (C=O) groups is 2. The van der Waals surface area contributed by atoms with Crippen molar-refractivity contribution in [2.45, 2.75) is 58.5 Å². The van der Waals surface area contributed by atoms with E-state index in [0.29, 0.717) is 12.6 Å². The van der Waals surface area contributed by atoms with Crippen LogP contribution >= 0.6 is 0 Å². The zero-order valence-electron chi connectivity index (χ0n) is 13.6. The van der Waals surface area contributed by atoms with Gasteiger partial charge in [0.25, 0.3) is 0 Å². The summed E-state index contributed by atoms with van der Waals surface area (Å²) in [7, 11) is 0. The molecule has 2 aliphatic heterocycles. The maximum Gasteiger partial charge on any atom is 0.236 e. The first-order valence-electron chi connectivity index (χ1n) is 8.30. The smallest absolute Gasteiger partial charge is 0.236 e. The topological polar surface area (TPSA) is 52.7 Å². The molecule has 0 aliphatic carbocycles. The van der Waals surface area contributed by atoms with E-state index in [1.807, 2.05) is 23.6 Å². The number of hydrogen-bond donors (Lipinski definition) is 1. The van der Waals surface area contributed by atoms with Gasteiger partial charge in [-0.25, -0.2) is 0 Å². The summed E-state index contributed by atoms with van der Waals surface area (Å²) in [6, 6.07) is 0.632. The molecule has 1 N–H and O–H groups in total. The van der Waals surface area contributed by atoms with Crippen molar-refractivity contribution in [3.8, 4) is 0 Å². The van der Waals surface area contributed by atoms with Crippen LogP contribution in [0.4, 0.5) is 0 Å². The Bertz CT molecular complexity index is 384. The van der Waals surface area contributed by atoms with E-state index < -0.39 is 0 Å². The number of rotatable bonds is 4. The average Bonchev–Trinajstić information content (AvgIpc) is 2.90. The molecular formula is C16H29N3O2. The first kappa shape index (κ1) is 16.3. The monoisotopic (exact) mass is 295 g/mol. The van der Waals surface area contributed by atoms with Crippen LogP contribution in [0.2, 0.25) is 0 Å². The van der Waals surface area contributed by atoms with Crippen LogP contribution < -0.4 is 5.32 Å². The number of piperidine rings is 1. The third kappa shape index (κ3) is 4.19. The van der Waals surface area contributed by atoms with Crippen molar-refractivity contribution < 1.29 is 9.59 Å². The normalized spacial score (nSPS) is 26.5. The molecule has 2 saturated heterocycles. The van der Waals surface area contributed by atoms with Gasteiger partial charge in [0.15, 0.2) is 0 Å². The van der Waals surface area contributed by atoms with Gasteiger partial charge in [0.1, 0.15) is 0 Å². The van der Waals surface area contributed by atoms with Crippen LogP contribution in [0.15, 0.2) is 0 Å². The lowest BCUT2D eigenvalue weighted by atomic mass is 10.0. The van der Waals surface area contributed by atoms with Crippen molar-refractivity contribution in [2.24, 2.45) is 5.92 Å². The summed E-state index contributed by atoms with van der Waals surface area (Å²) in [5, 5.41) is 3.36. The van der Waals surface area contributed by atoms with E-state index >= 15 is 0 Å². The Morgan fingerprint density at radius 3 is 2.52 bits per heavy atom. The number of nitrogens with zero attached hydrogens (tertiary/aromatic N) is 2. The van der Waals surface area contributed by atoms with Gasteiger partial charge in [-0.15, -0.1) is 0 Å². The fourth-order valence-electron chi connectivity index (χ4n) is 3.35. The van der Waals surface area contributed by atoms with E-state index in [1.165, 1.54) is 0 Å². The Hall–Kier alpha value is -1.10. The molecule has 2 rings (SSSR count). The van der Waals surface area contributed by atoms with E-state index in [1.54, 1.807) is 0 Å². The molecule has 0 aromatic rings. The van der Waals surface area contributed by atoms with Crippen LogP contribution in [0.25, 0.3) is 0 Å². The molecule has 21 heavy (non-hydrogen) atoms. The van der Waals surface area contributed by atoms with Gasteiger partial charge in [-0.3, -0.25) is 9.59 Å². The zero-order valence-corrected chi connectivity index (χ0v) is 13.6. The van der Waals surface area contributed by atoms with Crippen molar-refractivity contribution in [3.05, 3.63) is 0 Å². The third-order valence-corrected chi connectivity index (χ3v) is 4.64. The van der Waals surface area contributed by atoms with E-state index in [9.17, 15) is 9.59 Å². The molecule has 0 aromatic heterocycles. The molecule has 5 nitrogen and oxygen atoms in total. The molecule has 2 atom stereocenters. The first-order valence-corrected chi connectivity index (χ1v) is 8.30. The van der Waals surface area contributed by atoms with Gasteiger partial charge in [-0.1, -0.05) is 13.8 Å². The second kappa shape index (κ2) is 7.25. The second-order valence-electron chi connectivity index (χ2n) is 6.74. The van der Waals surface area contributed by atoms with Gasteiger partial charge in [0, 0.05) is 37.6 Å². The van der Waals surface area contributed by atoms with Crippen molar-refractivity contribution >= 4 is 11.8 Å². The summed E-state index contributed by atoms with van der Waals surface area (Å²) in [5.74, 6) is 0.476. The molecule has 120 valence electrons. The van der Waals surface area contributed by atoms with Gasteiger partial charge in [0.05, 0.1) is 6.54 Å². The van der Waals surface area contributed by atoms with Crippen molar-refractivity contribution in [1.82, 2.24) is 15.1 Å². The number of amides is 2. The Kier molecular flexibility index (Phi) is 5.62. The summed E-state index contributed by atoms with van der Waals surface area (Å²) >= 11 is 0. The number of nitrogens with one attached hydrogen (secondary N) is 1. The fourth-order valence-corrected chi connectivity index (χ4v) is 3.35. The highest BCUT2D eigenvalue weighted by molar-refractivity contribution is 5.79. The lowest BCUT2D eigenvalue weighted by Crippen LogP contribution is -2.51. The number of likely N-dealkylation sites (tertiary alicyclic amines) is 2. The minimum Gasteiger partial charge on any atom is -0.341 e. The SMILES string of the molecule is CC(C)C(=O)N1CCC[C@H](NCC(=O)N2CCC[C@H]2C)C1. The fraction of sp³-hybridized carbons (Fsp3) is 0.875. The van der Waals surface area contributed by atoms with Gasteiger partial charge in [-0.2, -0.15) is 0 Å². The van der Waals surface area contributed by atoms with Crippen molar-refractivity contribution in [2.75, 3.05) is 26.2 Å². The van der Waals surface area contributed by atoms with Crippen LogP contribution in [0, 0.1) is 5.92 Å². The third-order valence-electron chi connectivity index (χ3n) is 4.64. The highest BCUT2D eigenvalue weighted by atomic mass is 16.2. The molecule has 2 fully saturated rings. The minimum atomic E-state index is 0.0517. The largest absolute Gasteiger partial charge is 0.341 e. The molecule has 0 unspecified atom stereocenters. The van der Waals surface area contributed by atoms with Gasteiger partial charge < -0.3 is 15.1 Å². The summed E-state index contributed by atoms with van der Waals surface area (Å²) in [6.45, 7) is 8.89. The highest BCUT2D eigenvalue weighted by Crippen LogP contribution is 2.17. The Balaban J connectivity index is 1.77. The van der Waals surface area contributed by atoms with Crippen LogP contribution in [0.3, 0.4) is 0 Å². The summed E-state index contributed by atoms with van der Waals surface area (Å²) < 4.78 is 0. The molecule has 0 radical (unpaired) electrons. The standard InChI is InChI=1S/C16H29N3O2/c1-12(2)16(21)18-8-5-7-14(11-18)17-10-15(20)19-9-4-6-13(19)3/h12-14,17H,4-11H2,1-3H3/t13-,14+/m1/s1. The second-order valence-corrected chi connectivity index (χ2v) is 6.74. The molecule has 2 heterocycles. The first-order chi connectivity index (χ1) is 9.99. The van der Waals surface area contributed by atoms with E-state index in [2.05, 4.69) is 12.2 Å². The Morgan fingerprint density at radius 1 is 1.19 bits per heavy atom. The molecule has 0 spiro atoms. The van der Waals surface area contributed by atoms with E-state index in [-0.39, 0.29) is 23.8 Å². The molecule has 5 heteroatoms. The van der Waals surface area contributed by atoms with Crippen LogP contribution in [0.5, 0.6) is 0 Å². The lowest BCUT2D eigenvalue weighted by Gasteiger charge is -2.34. The van der Waals surface area contributed by atoms with Crippen LogP contribution in [-0.2, 0) is 9.59 Å². The van der Waals surface area contributed by atoms with Gasteiger partial charge in [0.2, 0.25) is 11.8 Å². The maximum absolute atomic E-state index is 12.2. The van der Waals surface area contributed by atoms with E-state index in [0.717, 1.165) is 45.3 Å². The predicted molar refractivity (Wildman–Crippen MR) is 82.9 cm³/mol. The predicted octanol–water partition coefficient (Wildman–Crippen LogP) is 1.23. The summed E-state index contributed by atoms with van der Waals surface area (Å²) in [6.07, 6.45) is 4.30. The molecular weight excluding hydrogens is 266 g/mol. The van der Waals surface area contributed by atoms with Crippen LogP contribution in [0.1, 0.15) is 46.5 Å². The quantitative estimate of drug-likeness (QED) is 0.849. The molecule has 0 saturated carbocycles. The summed E-state index contributed by atoms with van der Waals surface area (Å²) in [5.41, 5.74) is 0. The maximum atomic E-state index is 12.2. The van der Waals surface area contributed by atoms with Gasteiger partial charge in [-0.05, 0) is 32.6 Å². The lowest BCUT2D eigenvalue weighted by molar-refractivity contribution is -0.135. The van der Waals surface area contributed by atoms with Crippen LogP contribution in [-0.4, -0.2) is 59.9 Å². The van der Waals surface area contributed by atoms with E-state index in [4.69, 9.17) is 0 Å². The number of hydrogen-bond acceptors (Lipinski definition) is 3. The molecule has 0 bridgehead atoms. The van der Waals surface area contributed by atoms with Gasteiger partial charge >= 0.3 is 0 Å². The Labute approximate surface area is 128 Å². The van der Waals surface area contributed by atoms with Crippen molar-refractivity contribution in [3.63, 3.8) is 0 Å². The number of carbonyl (C=O) groups excluding carboxylic acids is 2. The highest BCUT2D eigenvalue weighted by Gasteiger charge is 2.27. The Morgan fingerprint density at radius 2 is 1.90 bits per heavy atom. The molecule has 2 aliphatic rings. The summed E-state index contributed by atoms with van der Waals surface area (Å²) in [4.78, 5) is 28.2. The minimum absolute atomic E-state index is 0.0517. The average molecular weight is 295 g/mol. The van der Waals surface area contributed by atoms with Crippen molar-refractivity contribution in [1.29, 1.82) is 0 Å². The molecule has 2 amide bonds.